The van der Waals surface area contributed by atoms with Crippen LogP contribution in [0.3, 0.4) is 0 Å². The van der Waals surface area contributed by atoms with E-state index in [1.807, 2.05) is 17.1 Å². The van der Waals surface area contributed by atoms with Gasteiger partial charge in [-0.25, -0.2) is 0 Å². The van der Waals surface area contributed by atoms with E-state index < -0.39 is 0 Å². The highest BCUT2D eigenvalue weighted by atomic mass is 16.5. The highest BCUT2D eigenvalue weighted by molar-refractivity contribution is 5.06. The maximum Gasteiger partial charge on any atom is 0.0635 e. The van der Waals surface area contributed by atoms with E-state index in [1.54, 1.807) is 0 Å². The van der Waals surface area contributed by atoms with Gasteiger partial charge in [0.1, 0.15) is 0 Å². The zero-order valence-corrected chi connectivity index (χ0v) is 10.7. The van der Waals surface area contributed by atoms with Crippen LogP contribution in [0.4, 0.5) is 0 Å². The van der Waals surface area contributed by atoms with Crippen molar-refractivity contribution in [2.24, 2.45) is 5.92 Å². The molecule has 3 unspecified atom stereocenters. The average molecular weight is 238 g/mol. The molecule has 1 N–H and O–H groups in total. The minimum absolute atomic E-state index is 0.228. The van der Waals surface area contributed by atoms with Crippen LogP contribution in [0.1, 0.15) is 32.3 Å². The second kappa shape index (κ2) is 5.65. The summed E-state index contributed by atoms with van der Waals surface area (Å²) in [5.74, 6) is 0.282. The number of aliphatic hydroxyl groups excluding tert-OH is 1. The van der Waals surface area contributed by atoms with Gasteiger partial charge in [-0.2, -0.15) is 5.10 Å². The van der Waals surface area contributed by atoms with Gasteiger partial charge in [-0.15, -0.1) is 0 Å². The van der Waals surface area contributed by atoms with Gasteiger partial charge in [0.05, 0.1) is 18.4 Å². The van der Waals surface area contributed by atoms with Crippen LogP contribution in [-0.4, -0.2) is 33.7 Å². The smallest absolute Gasteiger partial charge is 0.0635 e. The average Bonchev–Trinajstić information content (AvgIpc) is 2.96. The molecule has 0 aromatic carbocycles. The van der Waals surface area contributed by atoms with E-state index in [4.69, 9.17) is 4.74 Å². The molecule has 2 rings (SSSR count). The molecule has 1 aromatic heterocycles. The van der Waals surface area contributed by atoms with Crippen LogP contribution in [0.15, 0.2) is 12.4 Å². The van der Waals surface area contributed by atoms with Gasteiger partial charge in [0, 0.05) is 31.7 Å². The van der Waals surface area contributed by atoms with Crippen molar-refractivity contribution in [1.29, 1.82) is 0 Å². The number of nitrogens with zero attached hydrogens (tertiary/aromatic N) is 2. The Kier molecular flexibility index (Phi) is 4.18. The van der Waals surface area contributed by atoms with Crippen molar-refractivity contribution >= 4 is 0 Å². The lowest BCUT2D eigenvalue weighted by molar-refractivity contribution is 0.0317. The van der Waals surface area contributed by atoms with Crippen LogP contribution < -0.4 is 0 Å². The lowest BCUT2D eigenvalue weighted by Crippen LogP contribution is -2.29. The second-order valence-electron chi connectivity index (χ2n) is 4.75. The summed E-state index contributed by atoms with van der Waals surface area (Å²) < 4.78 is 7.51. The predicted molar refractivity (Wildman–Crippen MR) is 65.7 cm³/mol. The first-order chi connectivity index (χ1) is 8.24. The standard InChI is InChI=1S/C13H22N2O2/c1-3-13-11(5-6-17-13)12(16)7-10-8-14-15(4-2)9-10/h8-9,11-13,16H,3-7H2,1-2H3. The van der Waals surface area contributed by atoms with Gasteiger partial charge >= 0.3 is 0 Å². The monoisotopic (exact) mass is 238 g/mol. The third-order valence-corrected chi connectivity index (χ3v) is 3.61. The third kappa shape index (κ3) is 2.87. The summed E-state index contributed by atoms with van der Waals surface area (Å²) in [5.41, 5.74) is 1.11. The molecular weight excluding hydrogens is 216 g/mol. The predicted octanol–water partition coefficient (Wildman–Crippen LogP) is 1.62. The zero-order chi connectivity index (χ0) is 12.3. The van der Waals surface area contributed by atoms with Crippen molar-refractivity contribution in [3.63, 3.8) is 0 Å². The summed E-state index contributed by atoms with van der Waals surface area (Å²) in [5, 5.41) is 14.5. The number of aryl methyl sites for hydroxylation is 1. The molecule has 1 aliphatic heterocycles. The van der Waals surface area contributed by atoms with Crippen molar-refractivity contribution in [1.82, 2.24) is 9.78 Å². The largest absolute Gasteiger partial charge is 0.392 e. The number of hydrogen-bond donors (Lipinski definition) is 1. The van der Waals surface area contributed by atoms with Gasteiger partial charge in [0.2, 0.25) is 0 Å². The topological polar surface area (TPSA) is 47.3 Å². The summed E-state index contributed by atoms with van der Waals surface area (Å²) in [6.45, 7) is 5.84. The maximum atomic E-state index is 10.3. The summed E-state index contributed by atoms with van der Waals surface area (Å²) in [6, 6.07) is 0. The zero-order valence-electron chi connectivity index (χ0n) is 10.7. The Morgan fingerprint density at radius 1 is 1.59 bits per heavy atom. The number of rotatable bonds is 5. The Labute approximate surface area is 103 Å². The van der Waals surface area contributed by atoms with E-state index in [0.29, 0.717) is 6.42 Å². The number of aliphatic hydroxyl groups is 1. The minimum Gasteiger partial charge on any atom is -0.392 e. The quantitative estimate of drug-likeness (QED) is 0.848. The molecule has 0 bridgehead atoms. The molecular formula is C13H22N2O2. The van der Waals surface area contributed by atoms with E-state index in [2.05, 4.69) is 18.9 Å². The lowest BCUT2D eigenvalue weighted by atomic mass is 9.90. The number of hydrogen-bond acceptors (Lipinski definition) is 3. The number of aromatic nitrogens is 2. The van der Waals surface area contributed by atoms with Crippen LogP contribution >= 0.6 is 0 Å². The Balaban J connectivity index is 1.93. The van der Waals surface area contributed by atoms with Crippen molar-refractivity contribution < 1.29 is 9.84 Å². The fraction of sp³-hybridized carbons (Fsp3) is 0.769. The molecule has 0 radical (unpaired) electrons. The van der Waals surface area contributed by atoms with Crippen LogP contribution in [0.25, 0.3) is 0 Å². The first kappa shape index (κ1) is 12.6. The molecule has 3 atom stereocenters. The Morgan fingerprint density at radius 2 is 2.41 bits per heavy atom. The Morgan fingerprint density at radius 3 is 3.06 bits per heavy atom. The van der Waals surface area contributed by atoms with E-state index in [1.165, 1.54) is 0 Å². The van der Waals surface area contributed by atoms with Crippen molar-refractivity contribution in [2.75, 3.05) is 6.61 Å². The molecule has 0 aliphatic carbocycles. The Bertz CT molecular complexity index is 351. The highest BCUT2D eigenvalue weighted by Gasteiger charge is 2.32. The molecule has 4 nitrogen and oxygen atoms in total. The molecule has 1 saturated heterocycles. The van der Waals surface area contributed by atoms with E-state index in [9.17, 15) is 5.11 Å². The van der Waals surface area contributed by atoms with Crippen LogP contribution in [-0.2, 0) is 17.7 Å². The van der Waals surface area contributed by atoms with E-state index in [0.717, 1.165) is 31.6 Å². The van der Waals surface area contributed by atoms with Gasteiger partial charge in [0.15, 0.2) is 0 Å². The molecule has 0 spiro atoms. The first-order valence-corrected chi connectivity index (χ1v) is 6.55. The fourth-order valence-corrected chi connectivity index (χ4v) is 2.60. The molecule has 0 amide bonds. The molecule has 2 heterocycles. The molecule has 96 valence electrons. The molecule has 1 fully saturated rings. The van der Waals surface area contributed by atoms with E-state index >= 15 is 0 Å². The van der Waals surface area contributed by atoms with Gasteiger partial charge in [0.25, 0.3) is 0 Å². The summed E-state index contributed by atoms with van der Waals surface area (Å²) in [7, 11) is 0. The summed E-state index contributed by atoms with van der Waals surface area (Å²) in [4.78, 5) is 0. The molecule has 1 aromatic rings. The van der Waals surface area contributed by atoms with Crippen LogP contribution in [0.2, 0.25) is 0 Å². The molecule has 0 saturated carbocycles. The SMILES string of the molecule is CCC1OCCC1C(O)Cc1cnn(CC)c1. The van der Waals surface area contributed by atoms with Gasteiger partial charge in [-0.05, 0) is 25.3 Å². The second-order valence-corrected chi connectivity index (χ2v) is 4.75. The summed E-state index contributed by atoms with van der Waals surface area (Å²) in [6.07, 6.45) is 6.43. The Hall–Kier alpha value is -0.870. The lowest BCUT2D eigenvalue weighted by Gasteiger charge is -2.22. The maximum absolute atomic E-state index is 10.3. The molecule has 4 heteroatoms. The van der Waals surface area contributed by atoms with Gasteiger partial charge in [-0.1, -0.05) is 6.92 Å². The normalized spacial score (nSPS) is 26.3. The van der Waals surface area contributed by atoms with Crippen molar-refractivity contribution in [3.8, 4) is 0 Å². The highest BCUT2D eigenvalue weighted by Crippen LogP contribution is 2.28. The summed E-state index contributed by atoms with van der Waals surface area (Å²) >= 11 is 0. The van der Waals surface area contributed by atoms with Gasteiger partial charge < -0.3 is 9.84 Å². The third-order valence-electron chi connectivity index (χ3n) is 3.61. The van der Waals surface area contributed by atoms with Crippen molar-refractivity contribution in [2.45, 2.75) is 51.9 Å². The minimum atomic E-state index is -0.308. The molecule has 17 heavy (non-hydrogen) atoms. The first-order valence-electron chi connectivity index (χ1n) is 6.55. The van der Waals surface area contributed by atoms with Gasteiger partial charge in [-0.3, -0.25) is 4.68 Å². The van der Waals surface area contributed by atoms with Crippen molar-refractivity contribution in [3.05, 3.63) is 18.0 Å². The molecule has 1 aliphatic rings. The van der Waals surface area contributed by atoms with Crippen LogP contribution in [0.5, 0.6) is 0 Å². The fourth-order valence-electron chi connectivity index (χ4n) is 2.60. The van der Waals surface area contributed by atoms with E-state index in [-0.39, 0.29) is 18.1 Å². The number of ether oxygens (including phenoxy) is 1. The van der Waals surface area contributed by atoms with Crippen LogP contribution in [0, 0.1) is 5.92 Å².